The molecule has 6 heteroatoms. The lowest BCUT2D eigenvalue weighted by Gasteiger charge is -2.13. The maximum Gasteiger partial charge on any atom is 0.328 e. The number of benzene rings is 2. The fraction of sp³-hybridized carbons (Fsp3) is 0.200. The van der Waals surface area contributed by atoms with Crippen molar-refractivity contribution in [2.75, 3.05) is 13.7 Å². The number of rotatable bonds is 5. The Morgan fingerprint density at radius 2 is 1.90 bits per heavy atom. The van der Waals surface area contributed by atoms with Crippen molar-refractivity contribution in [1.82, 2.24) is 5.32 Å². The molecule has 0 aliphatic heterocycles. The molecule has 21 heavy (non-hydrogen) atoms. The summed E-state index contributed by atoms with van der Waals surface area (Å²) in [6.45, 7) is -0.0817. The molecule has 0 spiro atoms. The number of halogens is 1. The maximum atomic E-state index is 12.1. The monoisotopic (exact) mass is 351 g/mol. The summed E-state index contributed by atoms with van der Waals surface area (Å²) in [6.07, 6.45) is 0. The lowest BCUT2D eigenvalue weighted by atomic mass is 10.1. The topological polar surface area (TPSA) is 75.6 Å². The zero-order valence-electron chi connectivity index (χ0n) is 11.3. The van der Waals surface area contributed by atoms with Crippen LogP contribution in [0.1, 0.15) is 10.4 Å². The van der Waals surface area contributed by atoms with Gasteiger partial charge in [-0.15, -0.1) is 0 Å². The van der Waals surface area contributed by atoms with Gasteiger partial charge >= 0.3 is 5.97 Å². The Morgan fingerprint density at radius 3 is 2.57 bits per heavy atom. The number of amides is 1. The van der Waals surface area contributed by atoms with Crippen LogP contribution >= 0.6 is 15.9 Å². The van der Waals surface area contributed by atoms with E-state index in [9.17, 15) is 9.59 Å². The minimum atomic E-state index is -1.13. The van der Waals surface area contributed by atoms with Crippen molar-refractivity contribution in [1.29, 1.82) is 0 Å². The largest absolute Gasteiger partial charge is 0.480 e. The number of fused-ring (bicyclic) bond motifs is 1. The van der Waals surface area contributed by atoms with Gasteiger partial charge in [0.25, 0.3) is 5.91 Å². The Bertz CT molecular complexity index is 686. The first-order valence-electron chi connectivity index (χ1n) is 6.23. The van der Waals surface area contributed by atoms with Crippen LogP contribution in [0.3, 0.4) is 0 Å². The third kappa shape index (κ3) is 3.80. The normalized spacial score (nSPS) is 12.1. The zero-order chi connectivity index (χ0) is 15.4. The third-order valence-corrected chi connectivity index (χ3v) is 3.49. The Morgan fingerprint density at radius 1 is 1.24 bits per heavy atom. The van der Waals surface area contributed by atoms with Gasteiger partial charge in [0.05, 0.1) is 6.61 Å². The maximum absolute atomic E-state index is 12.1. The first-order valence-corrected chi connectivity index (χ1v) is 7.02. The Labute approximate surface area is 130 Å². The fourth-order valence-corrected chi connectivity index (χ4v) is 2.32. The summed E-state index contributed by atoms with van der Waals surface area (Å²) in [5.41, 5.74) is 0.409. The summed E-state index contributed by atoms with van der Waals surface area (Å²) in [5, 5.41) is 13.3. The van der Waals surface area contributed by atoms with Gasteiger partial charge in [-0.25, -0.2) is 4.79 Å². The van der Waals surface area contributed by atoms with E-state index in [1.165, 1.54) is 7.11 Å². The smallest absolute Gasteiger partial charge is 0.328 e. The third-order valence-electron chi connectivity index (χ3n) is 3.00. The molecule has 0 bridgehead atoms. The van der Waals surface area contributed by atoms with Crippen LogP contribution in [0.15, 0.2) is 40.9 Å². The van der Waals surface area contributed by atoms with Gasteiger partial charge < -0.3 is 15.2 Å². The standard InChI is InChI=1S/C15H14BrNO4/c1-21-8-13(15(19)20)17-14(18)11-3-2-10-7-12(16)5-4-9(10)6-11/h2-7,13H,8H2,1H3,(H,17,18)(H,19,20). The van der Waals surface area contributed by atoms with Gasteiger partial charge in [-0.05, 0) is 35.0 Å². The minimum Gasteiger partial charge on any atom is -0.480 e. The molecule has 0 aliphatic carbocycles. The lowest BCUT2D eigenvalue weighted by Crippen LogP contribution is -2.43. The molecule has 5 nitrogen and oxygen atoms in total. The number of hydrogen-bond donors (Lipinski definition) is 2. The number of carboxylic acids is 1. The predicted octanol–water partition coefficient (Wildman–Crippen LogP) is 2.43. The van der Waals surface area contributed by atoms with E-state index in [0.717, 1.165) is 15.2 Å². The van der Waals surface area contributed by atoms with Crippen LogP contribution in [0.25, 0.3) is 10.8 Å². The summed E-state index contributed by atoms with van der Waals surface area (Å²) < 4.78 is 5.74. The van der Waals surface area contributed by atoms with Gasteiger partial charge in [-0.2, -0.15) is 0 Å². The number of methoxy groups -OCH3 is 1. The molecule has 0 heterocycles. The molecule has 2 N–H and O–H groups in total. The number of carbonyl (C=O) groups excluding carboxylic acids is 1. The van der Waals surface area contributed by atoms with E-state index in [-0.39, 0.29) is 6.61 Å². The number of carbonyl (C=O) groups is 2. The number of nitrogens with one attached hydrogen (secondary N) is 1. The molecule has 1 amide bonds. The minimum absolute atomic E-state index is 0.0817. The van der Waals surface area contributed by atoms with Crippen LogP contribution in [0.4, 0.5) is 0 Å². The molecule has 1 unspecified atom stereocenters. The van der Waals surface area contributed by atoms with Gasteiger partial charge in [0.15, 0.2) is 6.04 Å². The van der Waals surface area contributed by atoms with E-state index in [2.05, 4.69) is 21.2 Å². The summed E-state index contributed by atoms with van der Waals surface area (Å²) in [6, 6.07) is 9.86. The molecule has 1 atom stereocenters. The van der Waals surface area contributed by atoms with Gasteiger partial charge in [-0.3, -0.25) is 4.79 Å². The average Bonchev–Trinajstić information content (AvgIpc) is 2.45. The van der Waals surface area contributed by atoms with Crippen molar-refractivity contribution in [3.05, 3.63) is 46.4 Å². The fourth-order valence-electron chi connectivity index (χ4n) is 1.94. The molecule has 110 valence electrons. The average molecular weight is 352 g/mol. The summed E-state index contributed by atoms with van der Waals surface area (Å²) >= 11 is 3.39. The van der Waals surface area contributed by atoms with E-state index in [0.29, 0.717) is 5.56 Å². The van der Waals surface area contributed by atoms with Crippen molar-refractivity contribution in [2.24, 2.45) is 0 Å². The molecule has 0 saturated heterocycles. The van der Waals surface area contributed by atoms with Crippen molar-refractivity contribution in [3.8, 4) is 0 Å². The van der Waals surface area contributed by atoms with Crippen LogP contribution in [-0.2, 0) is 9.53 Å². The van der Waals surface area contributed by atoms with Crippen LogP contribution in [0.2, 0.25) is 0 Å². The lowest BCUT2D eigenvalue weighted by molar-refractivity contribution is -0.140. The van der Waals surface area contributed by atoms with Gasteiger partial charge in [0, 0.05) is 17.1 Å². The highest BCUT2D eigenvalue weighted by Crippen LogP contribution is 2.21. The summed E-state index contributed by atoms with van der Waals surface area (Å²) in [5.74, 6) is -1.57. The van der Waals surface area contributed by atoms with Crippen LogP contribution < -0.4 is 5.32 Å². The van der Waals surface area contributed by atoms with E-state index in [1.807, 2.05) is 24.3 Å². The van der Waals surface area contributed by atoms with E-state index in [4.69, 9.17) is 9.84 Å². The number of aliphatic carboxylic acids is 1. The van der Waals surface area contributed by atoms with Crippen LogP contribution in [0, 0.1) is 0 Å². The van der Waals surface area contributed by atoms with Gasteiger partial charge in [-0.1, -0.05) is 28.1 Å². The van der Waals surface area contributed by atoms with Gasteiger partial charge in [0.2, 0.25) is 0 Å². The second-order valence-corrected chi connectivity index (χ2v) is 5.44. The molecule has 2 aromatic rings. The molecular formula is C15H14BrNO4. The Kier molecular flexibility index (Phi) is 4.93. The highest BCUT2D eigenvalue weighted by atomic mass is 79.9. The molecule has 0 radical (unpaired) electrons. The second-order valence-electron chi connectivity index (χ2n) is 4.53. The predicted molar refractivity (Wildman–Crippen MR) is 82.4 cm³/mol. The molecule has 0 aliphatic rings. The number of hydrogen-bond acceptors (Lipinski definition) is 3. The first-order chi connectivity index (χ1) is 10.0. The SMILES string of the molecule is COCC(NC(=O)c1ccc2cc(Br)ccc2c1)C(=O)O. The Hall–Kier alpha value is -1.92. The summed E-state index contributed by atoms with van der Waals surface area (Å²) in [4.78, 5) is 23.1. The second kappa shape index (κ2) is 6.69. The molecular weight excluding hydrogens is 338 g/mol. The van der Waals surface area contributed by atoms with Crippen molar-refractivity contribution in [3.63, 3.8) is 0 Å². The summed E-state index contributed by atoms with van der Waals surface area (Å²) in [7, 11) is 1.38. The molecule has 0 saturated carbocycles. The highest BCUT2D eigenvalue weighted by Gasteiger charge is 2.20. The van der Waals surface area contributed by atoms with E-state index in [1.54, 1.807) is 12.1 Å². The van der Waals surface area contributed by atoms with Crippen LogP contribution in [-0.4, -0.2) is 36.7 Å². The van der Waals surface area contributed by atoms with Crippen LogP contribution in [0.5, 0.6) is 0 Å². The zero-order valence-corrected chi connectivity index (χ0v) is 12.9. The Balaban J connectivity index is 2.22. The molecule has 0 aromatic heterocycles. The van der Waals surface area contributed by atoms with Gasteiger partial charge in [0.1, 0.15) is 0 Å². The van der Waals surface area contributed by atoms with E-state index < -0.39 is 17.9 Å². The highest BCUT2D eigenvalue weighted by molar-refractivity contribution is 9.10. The van der Waals surface area contributed by atoms with Crippen molar-refractivity contribution >= 4 is 38.6 Å². The van der Waals surface area contributed by atoms with E-state index >= 15 is 0 Å². The number of carboxylic acid groups (broad SMARTS) is 1. The first kappa shape index (κ1) is 15.5. The number of ether oxygens (including phenoxy) is 1. The van der Waals surface area contributed by atoms with Crippen molar-refractivity contribution in [2.45, 2.75) is 6.04 Å². The quantitative estimate of drug-likeness (QED) is 0.867. The van der Waals surface area contributed by atoms with Crippen molar-refractivity contribution < 1.29 is 19.4 Å². The molecule has 2 aromatic carbocycles. The molecule has 0 fully saturated rings. The molecule has 2 rings (SSSR count).